The van der Waals surface area contributed by atoms with Gasteiger partial charge in [-0.3, -0.25) is 0 Å². The van der Waals surface area contributed by atoms with Crippen LogP contribution in [-0.4, -0.2) is 24.7 Å². The fourth-order valence-corrected chi connectivity index (χ4v) is 4.23. The average Bonchev–Trinajstić information content (AvgIpc) is 3.38. The maximum absolute atomic E-state index is 13.2. The van der Waals surface area contributed by atoms with Crippen molar-refractivity contribution in [2.45, 2.75) is 35.9 Å². The van der Waals surface area contributed by atoms with Crippen LogP contribution in [0.3, 0.4) is 0 Å². The molecule has 0 unspecified atom stereocenters. The van der Waals surface area contributed by atoms with Crippen LogP contribution in [-0.2, 0) is 19.4 Å². The maximum atomic E-state index is 13.2. The molecule has 0 aliphatic rings. The molecule has 0 bridgehead atoms. The first-order chi connectivity index (χ1) is 14.6. The Labute approximate surface area is 187 Å². The van der Waals surface area contributed by atoms with Crippen LogP contribution in [0.15, 0.2) is 65.0 Å². The van der Waals surface area contributed by atoms with Crippen molar-refractivity contribution in [3.8, 4) is 0 Å². The summed E-state index contributed by atoms with van der Waals surface area (Å²) >= 11 is 13.7. The van der Waals surface area contributed by atoms with Gasteiger partial charge in [0.25, 0.3) is 0 Å². The summed E-state index contributed by atoms with van der Waals surface area (Å²) in [6, 6.07) is 11.9. The molecule has 2 aromatic heterocycles. The minimum absolute atomic E-state index is 0.263. The van der Waals surface area contributed by atoms with Crippen molar-refractivity contribution in [2.24, 2.45) is 0 Å². The van der Waals surface area contributed by atoms with Crippen LogP contribution in [0.5, 0.6) is 0 Å². The van der Waals surface area contributed by atoms with Gasteiger partial charge < -0.3 is 9.55 Å². The Balaban J connectivity index is 1.56. The SMILES string of the molecule is Fc1ccc(Sc2nnc(Cc3ccc(Cl)c(Cl)c3)n2CCCc2cnc[nH]2)cc1. The minimum Gasteiger partial charge on any atom is -0.348 e. The second-order valence-electron chi connectivity index (χ2n) is 6.71. The maximum Gasteiger partial charge on any atom is 0.196 e. The van der Waals surface area contributed by atoms with Crippen LogP contribution in [0.25, 0.3) is 0 Å². The molecule has 0 radical (unpaired) electrons. The number of nitrogens with zero attached hydrogens (tertiary/aromatic N) is 4. The molecule has 2 heterocycles. The van der Waals surface area contributed by atoms with E-state index in [1.807, 2.05) is 18.3 Å². The van der Waals surface area contributed by atoms with E-state index in [-0.39, 0.29) is 5.82 Å². The molecule has 0 amide bonds. The van der Waals surface area contributed by atoms with Gasteiger partial charge in [0.2, 0.25) is 0 Å². The highest BCUT2D eigenvalue weighted by molar-refractivity contribution is 7.99. The summed E-state index contributed by atoms with van der Waals surface area (Å²) in [5.74, 6) is 0.572. The Kier molecular flexibility index (Phi) is 6.72. The fraction of sp³-hybridized carbons (Fsp3) is 0.190. The highest BCUT2D eigenvalue weighted by Gasteiger charge is 2.15. The van der Waals surface area contributed by atoms with Crippen molar-refractivity contribution in [3.05, 3.63) is 87.9 Å². The summed E-state index contributed by atoms with van der Waals surface area (Å²) in [5.41, 5.74) is 2.09. The Morgan fingerprint density at radius 1 is 1.03 bits per heavy atom. The largest absolute Gasteiger partial charge is 0.348 e. The summed E-state index contributed by atoms with van der Waals surface area (Å²) in [5, 5.41) is 10.6. The lowest BCUT2D eigenvalue weighted by molar-refractivity contribution is 0.572. The van der Waals surface area contributed by atoms with E-state index in [4.69, 9.17) is 23.2 Å². The molecule has 9 heteroatoms. The smallest absolute Gasteiger partial charge is 0.196 e. The number of aryl methyl sites for hydroxylation is 1. The molecule has 2 aromatic carbocycles. The van der Waals surface area contributed by atoms with Crippen molar-refractivity contribution < 1.29 is 4.39 Å². The van der Waals surface area contributed by atoms with E-state index in [0.29, 0.717) is 16.5 Å². The Morgan fingerprint density at radius 2 is 1.87 bits per heavy atom. The highest BCUT2D eigenvalue weighted by Crippen LogP contribution is 2.29. The molecule has 4 aromatic rings. The Morgan fingerprint density at radius 3 is 2.60 bits per heavy atom. The minimum atomic E-state index is -0.263. The van der Waals surface area contributed by atoms with Crippen molar-refractivity contribution in [3.63, 3.8) is 0 Å². The van der Waals surface area contributed by atoms with Crippen LogP contribution in [0, 0.1) is 5.82 Å². The van der Waals surface area contributed by atoms with Gasteiger partial charge in [-0.25, -0.2) is 9.37 Å². The molecule has 30 heavy (non-hydrogen) atoms. The molecule has 0 aliphatic heterocycles. The van der Waals surface area contributed by atoms with Gasteiger partial charge in [0.15, 0.2) is 5.16 Å². The van der Waals surface area contributed by atoms with Crippen molar-refractivity contribution in [1.82, 2.24) is 24.7 Å². The number of aromatic amines is 1. The average molecular weight is 462 g/mol. The lowest BCUT2D eigenvalue weighted by atomic mass is 10.1. The zero-order chi connectivity index (χ0) is 20.9. The Bertz CT molecular complexity index is 1110. The predicted molar refractivity (Wildman–Crippen MR) is 117 cm³/mol. The summed E-state index contributed by atoms with van der Waals surface area (Å²) < 4.78 is 15.3. The molecule has 0 atom stereocenters. The van der Waals surface area contributed by atoms with Crippen LogP contribution in [0.4, 0.5) is 4.39 Å². The van der Waals surface area contributed by atoms with Gasteiger partial charge in [-0.15, -0.1) is 10.2 Å². The number of aromatic nitrogens is 5. The molecule has 154 valence electrons. The van der Waals surface area contributed by atoms with Gasteiger partial charge in [-0.1, -0.05) is 29.3 Å². The number of H-pyrrole nitrogens is 1. The molecular formula is C21H18Cl2FN5S. The number of hydrogen-bond acceptors (Lipinski definition) is 4. The third-order valence-electron chi connectivity index (χ3n) is 4.55. The number of nitrogens with one attached hydrogen (secondary N) is 1. The standard InChI is InChI=1S/C21H18Cl2FN5S/c22-18-8-3-14(10-19(18)23)11-20-27-28-21(30-17-6-4-15(24)5-7-17)29(20)9-1-2-16-12-25-13-26-16/h3-8,10,12-13H,1-2,9,11H2,(H,25,26). The third-order valence-corrected chi connectivity index (χ3v) is 6.28. The van der Waals surface area contributed by atoms with E-state index in [0.717, 1.165) is 46.5 Å². The summed E-state index contributed by atoms with van der Waals surface area (Å²) in [6.45, 7) is 0.742. The number of rotatable bonds is 8. The van der Waals surface area contributed by atoms with Crippen LogP contribution in [0.2, 0.25) is 10.0 Å². The third kappa shape index (κ3) is 5.22. The van der Waals surface area contributed by atoms with Gasteiger partial charge in [0, 0.05) is 29.8 Å². The van der Waals surface area contributed by atoms with Gasteiger partial charge in [-0.2, -0.15) is 0 Å². The topological polar surface area (TPSA) is 59.4 Å². The summed E-state index contributed by atoms with van der Waals surface area (Å²) in [6.07, 6.45) is 5.85. The summed E-state index contributed by atoms with van der Waals surface area (Å²) in [4.78, 5) is 8.09. The molecule has 5 nitrogen and oxygen atoms in total. The first kappa shape index (κ1) is 20.9. The molecule has 0 fully saturated rings. The van der Waals surface area contributed by atoms with E-state index in [2.05, 4.69) is 24.7 Å². The van der Waals surface area contributed by atoms with Crippen molar-refractivity contribution in [2.75, 3.05) is 0 Å². The Hall–Kier alpha value is -2.35. The monoisotopic (exact) mass is 461 g/mol. The first-order valence-corrected chi connectivity index (χ1v) is 10.9. The van der Waals surface area contributed by atoms with Crippen molar-refractivity contribution in [1.29, 1.82) is 0 Å². The molecule has 0 saturated carbocycles. The highest BCUT2D eigenvalue weighted by atomic mass is 35.5. The van der Waals surface area contributed by atoms with E-state index in [1.165, 1.54) is 23.9 Å². The van der Waals surface area contributed by atoms with Gasteiger partial charge in [0.1, 0.15) is 11.6 Å². The molecule has 0 spiro atoms. The van der Waals surface area contributed by atoms with E-state index < -0.39 is 0 Å². The van der Waals surface area contributed by atoms with Crippen molar-refractivity contribution >= 4 is 35.0 Å². The molecular weight excluding hydrogens is 444 g/mol. The number of hydrogen-bond donors (Lipinski definition) is 1. The number of imidazole rings is 1. The molecule has 0 saturated heterocycles. The quantitative estimate of drug-likeness (QED) is 0.358. The number of halogens is 3. The van der Waals surface area contributed by atoms with E-state index in [1.54, 1.807) is 24.5 Å². The van der Waals surface area contributed by atoms with E-state index >= 15 is 0 Å². The second-order valence-corrected chi connectivity index (χ2v) is 8.57. The van der Waals surface area contributed by atoms with Crippen LogP contribution >= 0.6 is 35.0 Å². The summed E-state index contributed by atoms with van der Waals surface area (Å²) in [7, 11) is 0. The normalized spacial score (nSPS) is 11.2. The van der Waals surface area contributed by atoms with Gasteiger partial charge >= 0.3 is 0 Å². The molecule has 4 rings (SSSR count). The van der Waals surface area contributed by atoms with Gasteiger partial charge in [0.05, 0.1) is 16.4 Å². The molecule has 1 N–H and O–H groups in total. The lowest BCUT2D eigenvalue weighted by Crippen LogP contribution is -2.07. The zero-order valence-corrected chi connectivity index (χ0v) is 18.2. The molecule has 0 aliphatic carbocycles. The predicted octanol–water partition coefficient (Wildman–Crippen LogP) is 5.82. The zero-order valence-electron chi connectivity index (χ0n) is 15.9. The van der Waals surface area contributed by atoms with Crippen LogP contribution < -0.4 is 0 Å². The van der Waals surface area contributed by atoms with Crippen LogP contribution in [0.1, 0.15) is 23.5 Å². The first-order valence-electron chi connectivity index (χ1n) is 9.35. The second kappa shape index (κ2) is 9.64. The van der Waals surface area contributed by atoms with Gasteiger partial charge in [-0.05, 0) is 66.6 Å². The van der Waals surface area contributed by atoms with E-state index in [9.17, 15) is 4.39 Å². The fourth-order valence-electron chi connectivity index (χ4n) is 3.04. The number of benzene rings is 2. The lowest BCUT2D eigenvalue weighted by Gasteiger charge is -2.10.